The highest BCUT2D eigenvalue weighted by Gasteiger charge is 2.22. The van der Waals surface area contributed by atoms with E-state index in [2.05, 4.69) is 9.21 Å². The molecule has 0 bridgehead atoms. The van der Waals surface area contributed by atoms with Crippen molar-refractivity contribution < 1.29 is 18.1 Å². The molecule has 2 rings (SSSR count). The van der Waals surface area contributed by atoms with Crippen molar-refractivity contribution in [3.05, 3.63) is 34.4 Å². The molecule has 1 saturated heterocycles. The van der Waals surface area contributed by atoms with Crippen molar-refractivity contribution >= 4 is 27.5 Å². The van der Waals surface area contributed by atoms with Gasteiger partial charge in [0.25, 0.3) is 5.69 Å². The molecule has 0 N–H and O–H groups in total. The van der Waals surface area contributed by atoms with Crippen molar-refractivity contribution in [3.63, 3.8) is 0 Å². The van der Waals surface area contributed by atoms with Crippen molar-refractivity contribution in [3.8, 4) is 0 Å². The van der Waals surface area contributed by atoms with Crippen LogP contribution in [0.4, 0.5) is 5.69 Å². The Morgan fingerprint density at radius 2 is 1.96 bits per heavy atom. The van der Waals surface area contributed by atoms with E-state index < -0.39 is 9.84 Å². The summed E-state index contributed by atoms with van der Waals surface area (Å²) in [4.78, 5) is 13.6. The van der Waals surface area contributed by atoms with Gasteiger partial charge in [-0.15, -0.1) is 0 Å². The summed E-state index contributed by atoms with van der Waals surface area (Å²) in [5, 5.41) is 11.2. The Balaban J connectivity index is 1.96. The van der Waals surface area contributed by atoms with E-state index in [0.29, 0.717) is 31.1 Å². The summed E-state index contributed by atoms with van der Waals surface area (Å²) < 4.78 is 30.3. The van der Waals surface area contributed by atoms with Crippen LogP contribution < -0.4 is 0 Å². The first kappa shape index (κ1) is 21.1. The molecule has 10 heteroatoms. The maximum atomic E-state index is 11.5. The topological polar surface area (TPSA) is 93.0 Å². The summed E-state index contributed by atoms with van der Waals surface area (Å²) >= 11 is 1.37. The molecular weight excluding hydrogens is 378 g/mol. The van der Waals surface area contributed by atoms with Crippen molar-refractivity contribution in [1.29, 1.82) is 0 Å². The first-order chi connectivity index (χ1) is 12.4. The highest BCUT2D eigenvalue weighted by Crippen LogP contribution is 2.31. The molecule has 0 unspecified atom stereocenters. The average molecular weight is 404 g/mol. The summed E-state index contributed by atoms with van der Waals surface area (Å²) in [7, 11) is -1.24. The predicted octanol–water partition coefficient (Wildman–Crippen LogP) is 1.67. The van der Waals surface area contributed by atoms with Gasteiger partial charge in [-0.05, 0) is 24.4 Å². The number of rotatable bonds is 10. The number of benzene rings is 1. The zero-order valence-corrected chi connectivity index (χ0v) is 16.5. The van der Waals surface area contributed by atoms with Gasteiger partial charge in [0.05, 0.1) is 16.4 Å². The lowest BCUT2D eigenvalue weighted by molar-refractivity contribution is -0.387. The van der Waals surface area contributed by atoms with E-state index in [9.17, 15) is 18.5 Å². The minimum atomic E-state index is -2.89. The molecule has 146 valence electrons. The van der Waals surface area contributed by atoms with Gasteiger partial charge >= 0.3 is 0 Å². The average Bonchev–Trinajstić information content (AvgIpc) is 2.61. The van der Waals surface area contributed by atoms with Crippen molar-refractivity contribution in [2.75, 3.05) is 57.9 Å². The third-order valence-electron chi connectivity index (χ3n) is 4.15. The fourth-order valence-corrected chi connectivity index (χ4v) is 4.96. The van der Waals surface area contributed by atoms with Crippen molar-refractivity contribution in [1.82, 2.24) is 9.21 Å². The number of para-hydroxylation sites is 1. The minimum absolute atomic E-state index is 0.0957. The van der Waals surface area contributed by atoms with Crippen molar-refractivity contribution in [2.45, 2.75) is 11.3 Å². The second-order valence-electron chi connectivity index (χ2n) is 6.08. The van der Waals surface area contributed by atoms with Gasteiger partial charge in [0.15, 0.2) is 9.84 Å². The molecule has 0 saturated carbocycles. The van der Waals surface area contributed by atoms with Gasteiger partial charge in [-0.3, -0.25) is 10.1 Å². The molecule has 0 aromatic heterocycles. The molecule has 1 fully saturated rings. The molecule has 0 aliphatic carbocycles. The van der Waals surface area contributed by atoms with E-state index in [-0.39, 0.29) is 22.1 Å². The maximum Gasteiger partial charge on any atom is 0.284 e. The van der Waals surface area contributed by atoms with Crippen LogP contribution in [0.5, 0.6) is 0 Å². The maximum absolute atomic E-state index is 11.5. The molecule has 0 spiro atoms. The number of nitrogens with zero attached hydrogens (tertiary/aromatic N) is 3. The van der Waals surface area contributed by atoms with Gasteiger partial charge in [0.1, 0.15) is 4.90 Å². The molecule has 26 heavy (non-hydrogen) atoms. The number of nitro groups is 1. The van der Waals surface area contributed by atoms with Crippen LogP contribution in [-0.2, 0) is 14.6 Å². The molecule has 0 amide bonds. The molecule has 1 heterocycles. The fourth-order valence-electron chi connectivity index (χ4n) is 2.64. The Bertz CT molecular complexity index is 685. The van der Waals surface area contributed by atoms with Crippen LogP contribution in [0.3, 0.4) is 0 Å². The summed E-state index contributed by atoms with van der Waals surface area (Å²) in [6, 6.07) is 6.70. The van der Waals surface area contributed by atoms with Crippen LogP contribution in [0.15, 0.2) is 29.2 Å². The minimum Gasteiger partial charge on any atom is -0.385 e. The van der Waals surface area contributed by atoms with E-state index >= 15 is 0 Å². The lowest BCUT2D eigenvalue weighted by Crippen LogP contribution is -2.43. The Morgan fingerprint density at radius 1 is 1.27 bits per heavy atom. The Hall–Kier alpha value is -1.20. The van der Waals surface area contributed by atoms with E-state index in [0.717, 1.165) is 19.5 Å². The van der Waals surface area contributed by atoms with E-state index in [1.807, 2.05) is 0 Å². The summed E-state index contributed by atoms with van der Waals surface area (Å²) in [5.74, 6) is 0.405. The molecule has 1 aromatic rings. The third-order valence-corrected chi connectivity index (χ3v) is 6.92. The van der Waals surface area contributed by atoms with Crippen LogP contribution in [0.2, 0.25) is 0 Å². The summed E-state index contributed by atoms with van der Waals surface area (Å²) in [6.07, 6.45) is 0.818. The van der Waals surface area contributed by atoms with Gasteiger partial charge in [0.2, 0.25) is 0 Å². The van der Waals surface area contributed by atoms with Gasteiger partial charge in [-0.1, -0.05) is 12.1 Å². The largest absolute Gasteiger partial charge is 0.385 e. The van der Waals surface area contributed by atoms with Crippen LogP contribution >= 0.6 is 11.9 Å². The molecule has 1 aromatic carbocycles. The zero-order valence-electron chi connectivity index (χ0n) is 14.9. The highest BCUT2D eigenvalue weighted by atomic mass is 32.2. The lowest BCUT2D eigenvalue weighted by atomic mass is 10.3. The Labute approximate surface area is 158 Å². The summed E-state index contributed by atoms with van der Waals surface area (Å²) in [5.41, 5.74) is 0.0957. The van der Waals surface area contributed by atoms with Crippen LogP contribution in [0, 0.1) is 10.1 Å². The monoisotopic (exact) mass is 403 g/mol. The van der Waals surface area contributed by atoms with Crippen LogP contribution in [0.1, 0.15) is 6.42 Å². The van der Waals surface area contributed by atoms with E-state index in [1.54, 1.807) is 25.3 Å². The number of sulfone groups is 1. The second kappa shape index (κ2) is 10.2. The standard InChI is InChI=1S/C16H25N3O5S2/c1-24-12-4-7-18(9-8-17-10-13-26(22,23)14-11-17)25-16-6-3-2-5-15(16)19(20)21/h2-3,5-6H,4,7-14H2,1H3. The van der Waals surface area contributed by atoms with Gasteiger partial charge in [-0.2, -0.15) is 0 Å². The van der Waals surface area contributed by atoms with E-state index in [1.165, 1.54) is 18.0 Å². The SMILES string of the molecule is COCCCN(CCN1CCS(=O)(=O)CC1)Sc1ccccc1[N+](=O)[O-]. The molecule has 8 nitrogen and oxygen atoms in total. The van der Waals surface area contributed by atoms with Gasteiger partial charge < -0.3 is 9.64 Å². The fraction of sp³-hybridized carbons (Fsp3) is 0.625. The normalized spacial score (nSPS) is 17.5. The molecule has 0 atom stereocenters. The Morgan fingerprint density at radius 3 is 2.62 bits per heavy atom. The first-order valence-electron chi connectivity index (χ1n) is 8.49. The first-order valence-corrected chi connectivity index (χ1v) is 11.1. The number of nitro benzene ring substituents is 1. The molecular formula is C16H25N3O5S2. The van der Waals surface area contributed by atoms with Crippen molar-refractivity contribution in [2.24, 2.45) is 0 Å². The number of hydrogen-bond acceptors (Lipinski definition) is 8. The molecule has 0 radical (unpaired) electrons. The van der Waals surface area contributed by atoms with Gasteiger partial charge in [-0.25, -0.2) is 12.7 Å². The second-order valence-corrected chi connectivity index (χ2v) is 9.53. The van der Waals surface area contributed by atoms with Crippen LogP contribution in [-0.4, -0.2) is 80.5 Å². The van der Waals surface area contributed by atoms with E-state index in [4.69, 9.17) is 4.74 Å². The van der Waals surface area contributed by atoms with Crippen LogP contribution in [0.25, 0.3) is 0 Å². The highest BCUT2D eigenvalue weighted by molar-refractivity contribution is 7.97. The molecule has 1 aliphatic rings. The lowest BCUT2D eigenvalue weighted by Gasteiger charge is -2.29. The Kier molecular flexibility index (Phi) is 8.29. The zero-order chi connectivity index (χ0) is 19.0. The number of methoxy groups -OCH3 is 1. The predicted molar refractivity (Wildman–Crippen MR) is 102 cm³/mol. The number of hydrogen-bond donors (Lipinski definition) is 0. The molecule has 1 aliphatic heterocycles. The number of ether oxygens (including phenoxy) is 1. The quantitative estimate of drug-likeness (QED) is 0.252. The summed E-state index contributed by atoms with van der Waals surface area (Å²) in [6.45, 7) is 3.87. The van der Waals surface area contributed by atoms with Gasteiger partial charge in [0, 0.05) is 52.5 Å². The smallest absolute Gasteiger partial charge is 0.284 e. The third kappa shape index (κ3) is 6.84.